The minimum atomic E-state index is -0.295. The molecule has 2 aliphatic rings. The predicted molar refractivity (Wildman–Crippen MR) is 89.0 cm³/mol. The second kappa shape index (κ2) is 7.37. The maximum absolute atomic E-state index is 11.2. The lowest BCUT2D eigenvalue weighted by atomic mass is 9.71. The Morgan fingerprint density at radius 2 is 1.96 bits per heavy atom. The molecule has 0 aromatic heterocycles. The quantitative estimate of drug-likeness (QED) is 0.555. The average molecular weight is 324 g/mol. The van der Waals surface area contributed by atoms with E-state index in [4.69, 9.17) is 18.8 Å². The highest BCUT2D eigenvalue weighted by Crippen LogP contribution is 2.40. The van der Waals surface area contributed by atoms with Crippen LogP contribution in [0.5, 0.6) is 0 Å². The molecule has 0 aromatic rings. The van der Waals surface area contributed by atoms with Crippen molar-refractivity contribution in [2.24, 2.45) is 5.92 Å². The Bertz CT molecular complexity index is 442. The van der Waals surface area contributed by atoms with Gasteiger partial charge in [-0.15, -0.1) is 0 Å². The number of rotatable bonds is 6. The van der Waals surface area contributed by atoms with Gasteiger partial charge in [-0.1, -0.05) is 6.08 Å². The SMILES string of the molecule is CCOC(=O)COCC1CC=C(B2OC(C)(C)C(C)(C)O2)CC1. The van der Waals surface area contributed by atoms with Crippen LogP contribution in [0.2, 0.25) is 0 Å². The molecule has 1 unspecified atom stereocenters. The van der Waals surface area contributed by atoms with Gasteiger partial charge in [-0.2, -0.15) is 0 Å². The van der Waals surface area contributed by atoms with Crippen LogP contribution >= 0.6 is 0 Å². The Morgan fingerprint density at radius 1 is 1.30 bits per heavy atom. The van der Waals surface area contributed by atoms with Crippen LogP contribution in [-0.2, 0) is 23.6 Å². The highest BCUT2D eigenvalue weighted by atomic mass is 16.7. The van der Waals surface area contributed by atoms with E-state index in [1.54, 1.807) is 6.92 Å². The van der Waals surface area contributed by atoms with E-state index in [2.05, 4.69) is 33.8 Å². The number of allylic oxidation sites excluding steroid dienone is 2. The van der Waals surface area contributed by atoms with Gasteiger partial charge in [0.2, 0.25) is 0 Å². The van der Waals surface area contributed by atoms with Crippen molar-refractivity contribution >= 4 is 13.1 Å². The van der Waals surface area contributed by atoms with E-state index in [0.717, 1.165) is 19.3 Å². The van der Waals surface area contributed by atoms with Gasteiger partial charge in [0.05, 0.1) is 24.4 Å². The van der Waals surface area contributed by atoms with Crippen LogP contribution < -0.4 is 0 Å². The van der Waals surface area contributed by atoms with Gasteiger partial charge in [-0.3, -0.25) is 0 Å². The highest BCUT2D eigenvalue weighted by Gasteiger charge is 2.52. The molecule has 130 valence electrons. The summed E-state index contributed by atoms with van der Waals surface area (Å²) in [6, 6.07) is 0. The molecule has 1 aliphatic carbocycles. The van der Waals surface area contributed by atoms with E-state index in [9.17, 15) is 4.79 Å². The lowest BCUT2D eigenvalue weighted by Gasteiger charge is -2.32. The standard InChI is InChI=1S/C17H29BO5/c1-6-21-15(19)12-20-11-13-7-9-14(10-8-13)18-22-16(2,3)17(4,5)23-18/h9,13H,6-8,10-12H2,1-5H3. The molecule has 2 rings (SSSR count). The second-order valence-electron chi connectivity index (χ2n) is 7.33. The van der Waals surface area contributed by atoms with Crippen LogP contribution in [0, 0.1) is 5.92 Å². The molecule has 0 amide bonds. The zero-order valence-electron chi connectivity index (χ0n) is 15.0. The number of carbonyl (C=O) groups excluding carboxylic acids is 1. The molecule has 1 heterocycles. The molecule has 0 saturated carbocycles. The van der Waals surface area contributed by atoms with Crippen molar-refractivity contribution in [3.8, 4) is 0 Å². The zero-order valence-corrected chi connectivity index (χ0v) is 15.0. The van der Waals surface area contributed by atoms with E-state index in [0.29, 0.717) is 19.1 Å². The van der Waals surface area contributed by atoms with Gasteiger partial charge in [0.1, 0.15) is 6.61 Å². The summed E-state index contributed by atoms with van der Waals surface area (Å²) in [7, 11) is -0.235. The van der Waals surface area contributed by atoms with Crippen LogP contribution in [0.4, 0.5) is 0 Å². The third kappa shape index (κ3) is 4.58. The first kappa shape index (κ1) is 18.5. The lowest BCUT2D eigenvalue weighted by Crippen LogP contribution is -2.41. The number of esters is 1. The average Bonchev–Trinajstić information content (AvgIpc) is 2.68. The first-order chi connectivity index (χ1) is 10.7. The van der Waals surface area contributed by atoms with E-state index in [-0.39, 0.29) is 30.9 Å². The van der Waals surface area contributed by atoms with Gasteiger partial charge in [0.25, 0.3) is 0 Å². The first-order valence-electron chi connectivity index (χ1n) is 8.53. The Morgan fingerprint density at radius 3 is 2.48 bits per heavy atom. The third-order valence-electron chi connectivity index (χ3n) is 4.99. The van der Waals surface area contributed by atoms with E-state index >= 15 is 0 Å². The monoisotopic (exact) mass is 324 g/mol. The molecule has 6 heteroatoms. The normalized spacial score (nSPS) is 26.0. The molecular formula is C17H29BO5. The molecule has 0 N–H and O–H groups in total. The predicted octanol–water partition coefficient (Wildman–Crippen LogP) is 2.92. The topological polar surface area (TPSA) is 54.0 Å². The summed E-state index contributed by atoms with van der Waals surface area (Å²) in [5, 5.41) is 0. The number of hydrogen-bond donors (Lipinski definition) is 0. The minimum absolute atomic E-state index is 0.0398. The van der Waals surface area contributed by atoms with Crippen molar-refractivity contribution in [1.82, 2.24) is 0 Å². The third-order valence-corrected chi connectivity index (χ3v) is 4.99. The Labute approximate surface area is 139 Å². The van der Waals surface area contributed by atoms with E-state index in [1.807, 2.05) is 0 Å². The van der Waals surface area contributed by atoms with Gasteiger partial charge < -0.3 is 18.8 Å². The zero-order chi connectivity index (χ0) is 17.1. The van der Waals surface area contributed by atoms with Crippen molar-refractivity contribution in [2.75, 3.05) is 19.8 Å². The fourth-order valence-electron chi connectivity index (χ4n) is 2.78. The fraction of sp³-hybridized carbons (Fsp3) is 0.824. The Hall–Kier alpha value is -0.845. The van der Waals surface area contributed by atoms with Crippen LogP contribution in [0.25, 0.3) is 0 Å². The fourth-order valence-corrected chi connectivity index (χ4v) is 2.78. The van der Waals surface area contributed by atoms with E-state index in [1.165, 1.54) is 5.47 Å². The molecule has 5 nitrogen and oxygen atoms in total. The van der Waals surface area contributed by atoms with E-state index < -0.39 is 0 Å². The highest BCUT2D eigenvalue weighted by molar-refractivity contribution is 6.54. The lowest BCUT2D eigenvalue weighted by molar-refractivity contribution is -0.148. The number of carbonyl (C=O) groups is 1. The maximum atomic E-state index is 11.2. The summed E-state index contributed by atoms with van der Waals surface area (Å²) in [5.74, 6) is 0.146. The summed E-state index contributed by atoms with van der Waals surface area (Å²) in [5.41, 5.74) is 0.640. The molecule has 0 aromatic carbocycles. The summed E-state index contributed by atoms with van der Waals surface area (Å²) in [6.07, 6.45) is 5.12. The number of ether oxygens (including phenoxy) is 2. The summed E-state index contributed by atoms with van der Waals surface area (Å²) >= 11 is 0. The summed E-state index contributed by atoms with van der Waals surface area (Å²) in [6.45, 7) is 11.1. The summed E-state index contributed by atoms with van der Waals surface area (Å²) in [4.78, 5) is 11.2. The number of hydrogen-bond acceptors (Lipinski definition) is 5. The Balaban J connectivity index is 1.77. The molecule has 1 atom stereocenters. The largest absolute Gasteiger partial charge is 0.490 e. The summed E-state index contributed by atoms with van der Waals surface area (Å²) < 4.78 is 22.5. The van der Waals surface area contributed by atoms with Crippen molar-refractivity contribution in [1.29, 1.82) is 0 Å². The first-order valence-corrected chi connectivity index (χ1v) is 8.53. The Kier molecular flexibility index (Phi) is 5.92. The van der Waals surface area contributed by atoms with Crippen LogP contribution in [0.3, 0.4) is 0 Å². The molecule has 0 radical (unpaired) electrons. The van der Waals surface area contributed by atoms with Gasteiger partial charge in [0.15, 0.2) is 0 Å². The molecule has 1 fully saturated rings. The molecule has 1 saturated heterocycles. The van der Waals surface area contributed by atoms with Gasteiger partial charge in [-0.05, 0) is 65.3 Å². The smallest absolute Gasteiger partial charge is 0.464 e. The molecule has 23 heavy (non-hydrogen) atoms. The van der Waals surface area contributed by atoms with Crippen molar-refractivity contribution in [3.63, 3.8) is 0 Å². The van der Waals surface area contributed by atoms with Crippen molar-refractivity contribution in [2.45, 2.75) is 65.1 Å². The van der Waals surface area contributed by atoms with Crippen LogP contribution in [0.15, 0.2) is 11.5 Å². The molecule has 1 aliphatic heterocycles. The molecule has 0 spiro atoms. The molecular weight excluding hydrogens is 295 g/mol. The molecule has 0 bridgehead atoms. The van der Waals surface area contributed by atoms with Crippen LogP contribution in [0.1, 0.15) is 53.9 Å². The van der Waals surface area contributed by atoms with Crippen LogP contribution in [-0.4, -0.2) is 44.1 Å². The maximum Gasteiger partial charge on any atom is 0.490 e. The van der Waals surface area contributed by atoms with Gasteiger partial charge >= 0.3 is 13.1 Å². The minimum Gasteiger partial charge on any atom is -0.464 e. The van der Waals surface area contributed by atoms with Crippen molar-refractivity contribution in [3.05, 3.63) is 11.5 Å². The van der Waals surface area contributed by atoms with Gasteiger partial charge in [-0.25, -0.2) is 4.79 Å². The van der Waals surface area contributed by atoms with Crippen molar-refractivity contribution < 1.29 is 23.6 Å². The second-order valence-corrected chi connectivity index (χ2v) is 7.33. The van der Waals surface area contributed by atoms with Gasteiger partial charge in [0, 0.05) is 0 Å².